The van der Waals surface area contributed by atoms with Crippen LogP contribution >= 0.6 is 11.6 Å². The minimum absolute atomic E-state index is 0.351. The van der Waals surface area contributed by atoms with Gasteiger partial charge in [-0.3, -0.25) is 4.79 Å². The van der Waals surface area contributed by atoms with Gasteiger partial charge in [-0.2, -0.15) is 0 Å². The Balaban J connectivity index is 2.05. The van der Waals surface area contributed by atoms with E-state index >= 15 is 0 Å². The predicted molar refractivity (Wildman–Crippen MR) is 122 cm³/mol. The van der Waals surface area contributed by atoms with Crippen LogP contribution in [-0.2, 0) is 5.60 Å². The Morgan fingerprint density at radius 1 is 0.871 bits per heavy atom. The quantitative estimate of drug-likeness (QED) is 0.363. The van der Waals surface area contributed by atoms with Crippen LogP contribution in [0.4, 0.5) is 4.39 Å². The van der Waals surface area contributed by atoms with E-state index in [0.29, 0.717) is 32.8 Å². The van der Waals surface area contributed by atoms with E-state index in [2.05, 4.69) is 0 Å². The van der Waals surface area contributed by atoms with Gasteiger partial charge in [0, 0.05) is 16.1 Å². The van der Waals surface area contributed by atoms with Crippen LogP contribution in [0.2, 0.25) is 5.02 Å². The molecular formula is C27H20ClFO2. The fourth-order valence-corrected chi connectivity index (χ4v) is 4.19. The van der Waals surface area contributed by atoms with Crippen LogP contribution in [0.25, 0.3) is 11.1 Å². The highest BCUT2D eigenvalue weighted by Gasteiger charge is 2.42. The van der Waals surface area contributed by atoms with Crippen LogP contribution in [0.3, 0.4) is 0 Å². The molecule has 2 nitrogen and oxygen atoms in total. The number of rotatable bonds is 5. The van der Waals surface area contributed by atoms with Crippen molar-refractivity contribution in [1.82, 2.24) is 0 Å². The van der Waals surface area contributed by atoms with Crippen molar-refractivity contribution in [1.29, 1.82) is 0 Å². The molecule has 0 aliphatic heterocycles. The van der Waals surface area contributed by atoms with Gasteiger partial charge in [0.25, 0.3) is 0 Å². The molecule has 154 valence electrons. The number of carbonyl (C=O) groups is 1. The molecule has 0 amide bonds. The van der Waals surface area contributed by atoms with Crippen molar-refractivity contribution >= 4 is 17.4 Å². The highest BCUT2D eigenvalue weighted by Crippen LogP contribution is 2.42. The summed E-state index contributed by atoms with van der Waals surface area (Å²) < 4.78 is 13.6. The summed E-state index contributed by atoms with van der Waals surface area (Å²) >= 11 is 6.40. The molecule has 0 fully saturated rings. The first-order valence-corrected chi connectivity index (χ1v) is 10.2. The molecule has 1 N–H and O–H groups in total. The zero-order valence-corrected chi connectivity index (χ0v) is 17.6. The van der Waals surface area contributed by atoms with E-state index < -0.39 is 11.4 Å². The average molecular weight is 431 g/mol. The van der Waals surface area contributed by atoms with Crippen molar-refractivity contribution in [2.75, 3.05) is 0 Å². The predicted octanol–water partition coefficient (Wildman–Crippen LogP) is 6.57. The third kappa shape index (κ3) is 3.90. The van der Waals surface area contributed by atoms with E-state index in [1.807, 2.05) is 19.1 Å². The van der Waals surface area contributed by atoms with Gasteiger partial charge in [0.1, 0.15) is 5.82 Å². The second-order valence-corrected chi connectivity index (χ2v) is 7.86. The van der Waals surface area contributed by atoms with Crippen molar-refractivity contribution in [2.24, 2.45) is 0 Å². The Kier molecular flexibility index (Phi) is 5.73. The second-order valence-electron chi connectivity index (χ2n) is 7.42. The molecule has 4 rings (SSSR count). The molecule has 1 unspecified atom stereocenters. The first kappa shape index (κ1) is 21.0. The Morgan fingerprint density at radius 2 is 1.45 bits per heavy atom. The number of aliphatic hydroxyl groups is 1. The van der Waals surface area contributed by atoms with Crippen LogP contribution in [0.15, 0.2) is 97.1 Å². The topological polar surface area (TPSA) is 37.3 Å². The van der Waals surface area contributed by atoms with Gasteiger partial charge in [-0.25, -0.2) is 4.39 Å². The van der Waals surface area contributed by atoms with Crippen molar-refractivity contribution in [3.05, 3.63) is 130 Å². The van der Waals surface area contributed by atoms with Gasteiger partial charge in [0.2, 0.25) is 5.78 Å². The van der Waals surface area contributed by atoms with Crippen LogP contribution in [0.1, 0.15) is 27.0 Å². The number of benzene rings is 4. The lowest BCUT2D eigenvalue weighted by atomic mass is 9.76. The van der Waals surface area contributed by atoms with E-state index in [4.69, 9.17) is 11.6 Å². The zero-order chi connectivity index (χ0) is 22.0. The third-order valence-electron chi connectivity index (χ3n) is 5.38. The lowest BCUT2D eigenvalue weighted by Crippen LogP contribution is -2.38. The van der Waals surface area contributed by atoms with Crippen LogP contribution in [0.5, 0.6) is 0 Å². The molecule has 0 aliphatic rings. The molecule has 0 aromatic heterocycles. The Hall–Kier alpha value is -3.27. The fourth-order valence-electron chi connectivity index (χ4n) is 3.91. The Labute approximate surface area is 185 Å². The number of hydrogen-bond acceptors (Lipinski definition) is 2. The van der Waals surface area contributed by atoms with Crippen LogP contribution in [0, 0.1) is 12.7 Å². The standard InChI is InChI=1S/C27H20ClFO2/c1-18-16-22(28)17-24(25(18)19-12-14-23(29)15-13-19)27(31,21-10-6-3-7-11-21)26(30)20-8-4-2-5-9-20/h2-17,31H,1H3. The summed E-state index contributed by atoms with van der Waals surface area (Å²) in [5, 5.41) is 12.5. The summed E-state index contributed by atoms with van der Waals surface area (Å²) in [6, 6.07) is 26.8. The first-order chi connectivity index (χ1) is 14.9. The van der Waals surface area contributed by atoms with E-state index in [1.54, 1.807) is 72.8 Å². The van der Waals surface area contributed by atoms with Gasteiger partial charge in [-0.15, -0.1) is 0 Å². The molecule has 0 bridgehead atoms. The zero-order valence-electron chi connectivity index (χ0n) is 16.8. The molecule has 31 heavy (non-hydrogen) atoms. The molecule has 0 aliphatic carbocycles. The summed E-state index contributed by atoms with van der Waals surface area (Å²) in [5.74, 6) is -0.833. The van der Waals surface area contributed by atoms with Crippen molar-refractivity contribution in [2.45, 2.75) is 12.5 Å². The van der Waals surface area contributed by atoms with Gasteiger partial charge in [0.15, 0.2) is 5.60 Å². The summed E-state index contributed by atoms with van der Waals surface area (Å²) in [7, 11) is 0. The van der Waals surface area contributed by atoms with Gasteiger partial charge in [-0.1, -0.05) is 84.4 Å². The molecule has 0 spiro atoms. The van der Waals surface area contributed by atoms with Crippen molar-refractivity contribution in [3.8, 4) is 11.1 Å². The van der Waals surface area contributed by atoms with Gasteiger partial charge >= 0.3 is 0 Å². The molecule has 4 aromatic carbocycles. The molecule has 0 saturated heterocycles. The smallest absolute Gasteiger partial charge is 0.203 e. The van der Waals surface area contributed by atoms with Crippen LogP contribution in [-0.4, -0.2) is 10.9 Å². The highest BCUT2D eigenvalue weighted by molar-refractivity contribution is 6.31. The number of Topliss-reactive ketones (excluding diaryl/α,β-unsaturated/α-hetero) is 1. The third-order valence-corrected chi connectivity index (χ3v) is 5.60. The number of ketones is 1. The maximum Gasteiger partial charge on any atom is 0.203 e. The maximum atomic E-state index is 13.8. The normalized spacial score (nSPS) is 12.9. The van der Waals surface area contributed by atoms with Crippen molar-refractivity contribution in [3.63, 3.8) is 0 Å². The first-order valence-electron chi connectivity index (χ1n) is 9.85. The average Bonchev–Trinajstić information content (AvgIpc) is 2.79. The van der Waals surface area contributed by atoms with Crippen molar-refractivity contribution < 1.29 is 14.3 Å². The summed E-state index contributed by atoms with van der Waals surface area (Å²) in [5.41, 5.74) is 1.24. The SMILES string of the molecule is Cc1cc(Cl)cc(C(O)(C(=O)c2ccccc2)c2ccccc2)c1-c1ccc(F)cc1. The van der Waals surface area contributed by atoms with E-state index in [-0.39, 0.29) is 5.82 Å². The summed E-state index contributed by atoms with van der Waals surface area (Å²) in [4.78, 5) is 13.8. The minimum Gasteiger partial charge on any atom is -0.373 e. The minimum atomic E-state index is -2.00. The van der Waals surface area contributed by atoms with E-state index in [9.17, 15) is 14.3 Å². The second kappa shape index (κ2) is 8.46. The monoisotopic (exact) mass is 430 g/mol. The number of halogens is 2. The van der Waals surface area contributed by atoms with Gasteiger partial charge in [-0.05, 0) is 53.4 Å². The molecule has 0 radical (unpaired) electrons. The molecular weight excluding hydrogens is 411 g/mol. The molecule has 4 heteroatoms. The Bertz CT molecular complexity index is 1220. The fraction of sp³-hybridized carbons (Fsp3) is 0.0741. The number of hydrogen-bond donors (Lipinski definition) is 1. The van der Waals surface area contributed by atoms with Gasteiger partial charge in [0.05, 0.1) is 0 Å². The molecule has 4 aromatic rings. The Morgan fingerprint density at radius 3 is 2.06 bits per heavy atom. The highest BCUT2D eigenvalue weighted by atomic mass is 35.5. The van der Waals surface area contributed by atoms with E-state index in [1.165, 1.54) is 12.1 Å². The van der Waals surface area contributed by atoms with Gasteiger partial charge < -0.3 is 5.11 Å². The van der Waals surface area contributed by atoms with Crippen LogP contribution < -0.4 is 0 Å². The summed E-state index contributed by atoms with van der Waals surface area (Å²) in [6.45, 7) is 1.85. The molecule has 0 heterocycles. The molecule has 1 atom stereocenters. The lowest BCUT2D eigenvalue weighted by molar-refractivity contribution is 0.0490. The number of carbonyl (C=O) groups excluding carboxylic acids is 1. The lowest BCUT2D eigenvalue weighted by Gasteiger charge is -2.31. The van der Waals surface area contributed by atoms with E-state index in [0.717, 1.165) is 5.56 Å². The maximum absolute atomic E-state index is 13.8. The number of aryl methyl sites for hydroxylation is 1. The summed E-state index contributed by atoms with van der Waals surface area (Å²) in [6.07, 6.45) is 0. The molecule has 0 saturated carbocycles. The largest absolute Gasteiger partial charge is 0.373 e.